The lowest BCUT2D eigenvalue weighted by molar-refractivity contribution is -0.154. The molecule has 0 bridgehead atoms. The number of imide groups is 1. The molecule has 1 aromatic carbocycles. The van der Waals surface area contributed by atoms with Gasteiger partial charge >= 0.3 is 12.0 Å². The summed E-state index contributed by atoms with van der Waals surface area (Å²) in [5.41, 5.74) is 0. The Labute approximate surface area is 136 Å². The number of carbonyl (C=O) groups is 3. The van der Waals surface area contributed by atoms with Gasteiger partial charge in [-0.1, -0.05) is 15.9 Å². The van der Waals surface area contributed by atoms with E-state index in [1.165, 1.54) is 6.92 Å². The summed E-state index contributed by atoms with van der Waals surface area (Å²) in [6.45, 7) is 3.05. The Bertz CT molecular complexity index is 533. The van der Waals surface area contributed by atoms with E-state index in [0.29, 0.717) is 12.3 Å². The fourth-order valence-electron chi connectivity index (χ4n) is 1.39. The summed E-state index contributed by atoms with van der Waals surface area (Å²) in [6, 6.07) is 6.29. The Balaban J connectivity index is 2.36. The summed E-state index contributed by atoms with van der Waals surface area (Å²) in [7, 11) is 0. The predicted molar refractivity (Wildman–Crippen MR) is 82.4 cm³/mol. The first-order chi connectivity index (χ1) is 10.4. The van der Waals surface area contributed by atoms with E-state index in [1.807, 2.05) is 5.32 Å². The van der Waals surface area contributed by atoms with Crippen LogP contribution >= 0.6 is 15.9 Å². The molecule has 0 saturated carbocycles. The van der Waals surface area contributed by atoms with Gasteiger partial charge in [0.2, 0.25) is 0 Å². The van der Waals surface area contributed by atoms with E-state index in [1.54, 1.807) is 31.2 Å². The minimum absolute atomic E-state index is 0.386. The maximum atomic E-state index is 11.7. The highest BCUT2D eigenvalue weighted by Gasteiger charge is 2.18. The average Bonchev–Trinajstić information content (AvgIpc) is 2.47. The van der Waals surface area contributed by atoms with E-state index in [2.05, 4.69) is 21.2 Å². The van der Waals surface area contributed by atoms with Gasteiger partial charge in [0, 0.05) is 11.0 Å². The average molecular weight is 373 g/mol. The Morgan fingerprint density at radius 3 is 2.45 bits per heavy atom. The number of benzene rings is 1. The third-order valence-corrected chi connectivity index (χ3v) is 2.92. The lowest BCUT2D eigenvalue weighted by atomic mass is 10.3. The molecule has 7 nitrogen and oxygen atoms in total. The Kier molecular flexibility index (Phi) is 7.38. The molecule has 1 rings (SSSR count). The van der Waals surface area contributed by atoms with Gasteiger partial charge in [-0.15, -0.1) is 0 Å². The first-order valence-electron chi connectivity index (χ1n) is 6.59. The number of halogens is 1. The molecule has 0 heterocycles. The Hall–Kier alpha value is -2.09. The first kappa shape index (κ1) is 18.0. The van der Waals surface area contributed by atoms with Gasteiger partial charge in [-0.2, -0.15) is 0 Å². The number of rotatable bonds is 6. The summed E-state index contributed by atoms with van der Waals surface area (Å²) < 4.78 is 11.0. The van der Waals surface area contributed by atoms with E-state index in [9.17, 15) is 14.4 Å². The minimum Gasteiger partial charge on any atom is -0.479 e. The van der Waals surface area contributed by atoms with Crippen molar-refractivity contribution < 1.29 is 23.9 Å². The number of hydrogen-bond acceptors (Lipinski definition) is 5. The molecule has 0 aromatic heterocycles. The van der Waals surface area contributed by atoms with Crippen LogP contribution in [-0.4, -0.2) is 37.2 Å². The zero-order valence-corrected chi connectivity index (χ0v) is 13.8. The van der Waals surface area contributed by atoms with Crippen molar-refractivity contribution in [3.63, 3.8) is 0 Å². The second kappa shape index (κ2) is 9.04. The van der Waals surface area contributed by atoms with Gasteiger partial charge in [0.15, 0.2) is 12.7 Å². The molecule has 1 atom stereocenters. The first-order valence-corrected chi connectivity index (χ1v) is 7.38. The van der Waals surface area contributed by atoms with Crippen LogP contribution in [0.5, 0.6) is 5.75 Å². The topological polar surface area (TPSA) is 93.7 Å². The van der Waals surface area contributed by atoms with Crippen molar-refractivity contribution in [2.75, 3.05) is 13.2 Å². The maximum Gasteiger partial charge on any atom is 0.347 e. The van der Waals surface area contributed by atoms with Crippen molar-refractivity contribution in [2.45, 2.75) is 20.0 Å². The highest BCUT2D eigenvalue weighted by molar-refractivity contribution is 9.10. The molecule has 8 heteroatoms. The molecular weight excluding hydrogens is 356 g/mol. The molecule has 0 aliphatic heterocycles. The van der Waals surface area contributed by atoms with Crippen molar-refractivity contribution in [3.8, 4) is 5.75 Å². The molecule has 0 spiro atoms. The van der Waals surface area contributed by atoms with E-state index in [-0.39, 0.29) is 0 Å². The number of hydrogen-bond donors (Lipinski definition) is 2. The lowest BCUT2D eigenvalue weighted by Gasteiger charge is -2.13. The molecule has 22 heavy (non-hydrogen) atoms. The molecule has 3 amide bonds. The zero-order valence-electron chi connectivity index (χ0n) is 12.2. The highest BCUT2D eigenvalue weighted by Crippen LogP contribution is 2.17. The summed E-state index contributed by atoms with van der Waals surface area (Å²) in [6.07, 6.45) is -0.876. The van der Waals surface area contributed by atoms with Crippen LogP contribution in [-0.2, 0) is 14.3 Å². The van der Waals surface area contributed by atoms with Crippen LogP contribution in [0, 0.1) is 0 Å². The number of ether oxygens (including phenoxy) is 2. The van der Waals surface area contributed by atoms with Gasteiger partial charge in [-0.05, 0) is 38.1 Å². The smallest absolute Gasteiger partial charge is 0.347 e. The molecule has 0 saturated heterocycles. The molecule has 1 aromatic rings. The number of amides is 3. The molecule has 0 fully saturated rings. The van der Waals surface area contributed by atoms with Gasteiger partial charge in [0.05, 0.1) is 0 Å². The summed E-state index contributed by atoms with van der Waals surface area (Å²) in [4.78, 5) is 34.1. The second-order valence-electron chi connectivity index (χ2n) is 4.23. The van der Waals surface area contributed by atoms with Gasteiger partial charge in [0.1, 0.15) is 5.75 Å². The predicted octanol–water partition coefficient (Wildman–Crippen LogP) is 1.61. The molecule has 0 radical (unpaired) electrons. The maximum absolute atomic E-state index is 11.7. The van der Waals surface area contributed by atoms with Crippen LogP contribution in [0.25, 0.3) is 0 Å². The fraction of sp³-hybridized carbons (Fsp3) is 0.357. The number of esters is 1. The van der Waals surface area contributed by atoms with Crippen LogP contribution < -0.4 is 15.4 Å². The van der Waals surface area contributed by atoms with Crippen molar-refractivity contribution in [1.29, 1.82) is 0 Å². The molecule has 120 valence electrons. The largest absolute Gasteiger partial charge is 0.479 e. The normalized spacial score (nSPS) is 11.2. The Morgan fingerprint density at radius 1 is 1.23 bits per heavy atom. The zero-order chi connectivity index (χ0) is 16.5. The summed E-state index contributed by atoms with van der Waals surface area (Å²) in [5, 5.41) is 4.40. The minimum atomic E-state index is -0.876. The van der Waals surface area contributed by atoms with Crippen molar-refractivity contribution >= 4 is 33.8 Å². The van der Waals surface area contributed by atoms with E-state index >= 15 is 0 Å². The summed E-state index contributed by atoms with van der Waals surface area (Å²) in [5.74, 6) is -0.913. The molecule has 0 aliphatic rings. The van der Waals surface area contributed by atoms with E-state index in [0.717, 1.165) is 4.47 Å². The SMILES string of the molecule is CCNC(=O)NC(=O)COC(=O)[C@H](C)Oc1ccc(Br)cc1. The lowest BCUT2D eigenvalue weighted by Crippen LogP contribution is -2.41. The van der Waals surface area contributed by atoms with Gasteiger partial charge in [0.25, 0.3) is 5.91 Å². The molecule has 0 aliphatic carbocycles. The number of carbonyl (C=O) groups excluding carboxylic acids is 3. The van der Waals surface area contributed by atoms with Crippen LogP contribution in [0.15, 0.2) is 28.7 Å². The van der Waals surface area contributed by atoms with Gasteiger partial charge in [-0.25, -0.2) is 9.59 Å². The summed E-state index contributed by atoms with van der Waals surface area (Å²) >= 11 is 3.29. The molecule has 0 unspecified atom stereocenters. The fourth-order valence-corrected chi connectivity index (χ4v) is 1.65. The standard InChI is InChI=1S/C14H17BrN2O5/c1-3-16-14(20)17-12(18)8-21-13(19)9(2)22-11-6-4-10(15)5-7-11/h4-7,9H,3,8H2,1-2H3,(H2,16,17,18,20)/t9-/m0/s1. The Morgan fingerprint density at radius 2 is 1.86 bits per heavy atom. The number of urea groups is 1. The van der Waals surface area contributed by atoms with Crippen molar-refractivity contribution in [3.05, 3.63) is 28.7 Å². The molecular formula is C14H17BrN2O5. The van der Waals surface area contributed by atoms with Crippen LogP contribution in [0.1, 0.15) is 13.8 Å². The van der Waals surface area contributed by atoms with Crippen LogP contribution in [0.2, 0.25) is 0 Å². The van der Waals surface area contributed by atoms with Gasteiger partial charge in [-0.3, -0.25) is 10.1 Å². The quantitative estimate of drug-likeness (QED) is 0.739. The van der Waals surface area contributed by atoms with E-state index in [4.69, 9.17) is 9.47 Å². The third-order valence-electron chi connectivity index (χ3n) is 2.39. The van der Waals surface area contributed by atoms with Crippen LogP contribution in [0.4, 0.5) is 4.79 Å². The van der Waals surface area contributed by atoms with E-state index < -0.39 is 30.6 Å². The second-order valence-corrected chi connectivity index (χ2v) is 5.15. The molecule has 2 N–H and O–H groups in total. The van der Waals surface area contributed by atoms with Crippen molar-refractivity contribution in [2.24, 2.45) is 0 Å². The van der Waals surface area contributed by atoms with Crippen molar-refractivity contribution in [1.82, 2.24) is 10.6 Å². The van der Waals surface area contributed by atoms with Gasteiger partial charge < -0.3 is 14.8 Å². The number of nitrogens with one attached hydrogen (secondary N) is 2. The van der Waals surface area contributed by atoms with Crippen LogP contribution in [0.3, 0.4) is 0 Å². The highest BCUT2D eigenvalue weighted by atomic mass is 79.9. The monoisotopic (exact) mass is 372 g/mol. The third kappa shape index (κ3) is 6.57.